The van der Waals surface area contributed by atoms with Crippen LogP contribution in [0.4, 0.5) is 22.0 Å². The minimum atomic E-state index is -5.10. The van der Waals surface area contributed by atoms with Gasteiger partial charge in [-0.05, 0) is 6.07 Å². The number of carbonyl (C=O) groups is 1. The number of hydrogen-bond acceptors (Lipinski definition) is 4. The van der Waals surface area contributed by atoms with Gasteiger partial charge in [-0.2, -0.15) is 18.4 Å². The number of carbonyl (C=O) groups excluding carboxylic acids is 1. The van der Waals surface area contributed by atoms with Gasteiger partial charge in [0.2, 0.25) is 0 Å². The van der Waals surface area contributed by atoms with Gasteiger partial charge in [0.25, 0.3) is 6.43 Å². The van der Waals surface area contributed by atoms with Crippen LogP contribution in [0.3, 0.4) is 0 Å². The summed E-state index contributed by atoms with van der Waals surface area (Å²) < 4.78 is 67.2. The van der Waals surface area contributed by atoms with E-state index in [4.69, 9.17) is 5.26 Å². The van der Waals surface area contributed by atoms with Crippen molar-refractivity contribution >= 4 is 5.97 Å². The minimum Gasteiger partial charge on any atom is -0.465 e. The largest absolute Gasteiger partial charge is 0.465 e. The van der Waals surface area contributed by atoms with E-state index in [1.807, 2.05) is 0 Å². The molecular weight excluding hydrogens is 275 g/mol. The minimum absolute atomic E-state index is 0.264. The molecule has 0 aromatic carbocycles. The van der Waals surface area contributed by atoms with E-state index < -0.39 is 41.1 Å². The van der Waals surface area contributed by atoms with Gasteiger partial charge >= 0.3 is 12.1 Å². The van der Waals surface area contributed by atoms with Crippen LogP contribution in [0.1, 0.15) is 33.7 Å². The number of hydrogen-bond donors (Lipinski definition) is 0. The molecule has 1 rings (SSSR count). The number of nitrogens with zero attached hydrogens (tertiary/aromatic N) is 2. The van der Waals surface area contributed by atoms with Gasteiger partial charge in [0.15, 0.2) is 5.69 Å². The second kappa shape index (κ2) is 5.17. The van der Waals surface area contributed by atoms with Crippen LogP contribution >= 0.6 is 0 Å². The molecule has 1 aromatic heterocycles. The van der Waals surface area contributed by atoms with Gasteiger partial charge in [0, 0.05) is 0 Å². The van der Waals surface area contributed by atoms with E-state index in [-0.39, 0.29) is 6.07 Å². The average Bonchev–Trinajstić information content (AvgIpc) is 2.34. The maximum absolute atomic E-state index is 12.7. The molecule has 0 unspecified atom stereocenters. The number of aromatic nitrogens is 1. The lowest BCUT2D eigenvalue weighted by atomic mass is 10.0. The van der Waals surface area contributed by atoms with Crippen LogP contribution in [0.5, 0.6) is 0 Å². The van der Waals surface area contributed by atoms with Crippen LogP contribution in [0.15, 0.2) is 6.07 Å². The summed E-state index contributed by atoms with van der Waals surface area (Å²) in [5, 5.41) is 8.56. The van der Waals surface area contributed by atoms with Gasteiger partial charge < -0.3 is 4.74 Å². The van der Waals surface area contributed by atoms with Crippen molar-refractivity contribution in [1.29, 1.82) is 5.26 Å². The predicted octanol–water partition coefficient (Wildman–Crippen LogP) is 2.70. The van der Waals surface area contributed by atoms with Crippen molar-refractivity contribution in [2.75, 3.05) is 7.11 Å². The van der Waals surface area contributed by atoms with Crippen LogP contribution in [0.2, 0.25) is 0 Å². The summed E-state index contributed by atoms with van der Waals surface area (Å²) >= 11 is 0. The Hall–Kier alpha value is -2.24. The summed E-state index contributed by atoms with van der Waals surface area (Å²) in [6.45, 7) is 0. The van der Waals surface area contributed by atoms with Crippen LogP contribution in [0, 0.1) is 11.3 Å². The number of esters is 1. The third kappa shape index (κ3) is 2.96. The SMILES string of the molecule is COC(=O)c1cc(C(F)F)nc(C#N)c1C(F)(F)F. The molecule has 0 saturated heterocycles. The lowest BCUT2D eigenvalue weighted by molar-refractivity contribution is -0.138. The van der Waals surface area contributed by atoms with Crippen molar-refractivity contribution in [3.63, 3.8) is 0 Å². The Morgan fingerprint density at radius 1 is 1.47 bits per heavy atom. The number of ether oxygens (including phenoxy) is 1. The average molecular weight is 280 g/mol. The Bertz CT molecular complexity index is 548. The maximum atomic E-state index is 12.7. The zero-order valence-electron chi connectivity index (χ0n) is 9.26. The summed E-state index contributed by atoms with van der Waals surface area (Å²) in [6, 6.07) is 1.31. The Morgan fingerprint density at radius 2 is 2.05 bits per heavy atom. The number of nitriles is 1. The van der Waals surface area contributed by atoms with Crippen molar-refractivity contribution in [1.82, 2.24) is 4.98 Å². The summed E-state index contributed by atoms with van der Waals surface area (Å²) in [5.74, 6) is -1.48. The van der Waals surface area contributed by atoms with E-state index in [1.165, 1.54) is 0 Å². The summed E-state index contributed by atoms with van der Waals surface area (Å²) in [6.07, 6.45) is -8.32. The van der Waals surface area contributed by atoms with E-state index in [9.17, 15) is 26.7 Å². The standard InChI is InChI=1S/C10H5F5N2O2/c1-19-9(18)4-2-5(8(11)12)17-6(3-16)7(4)10(13,14)15/h2,8H,1H3. The number of alkyl halides is 5. The lowest BCUT2D eigenvalue weighted by Gasteiger charge is -2.13. The second-order valence-electron chi connectivity index (χ2n) is 3.22. The first-order valence-corrected chi connectivity index (χ1v) is 4.61. The lowest BCUT2D eigenvalue weighted by Crippen LogP contribution is -2.18. The molecule has 1 aromatic rings. The Morgan fingerprint density at radius 3 is 2.42 bits per heavy atom. The predicted molar refractivity (Wildman–Crippen MR) is 50.3 cm³/mol. The van der Waals surface area contributed by atoms with Crippen LogP contribution in [-0.2, 0) is 10.9 Å². The monoisotopic (exact) mass is 280 g/mol. The molecule has 0 aliphatic rings. The van der Waals surface area contributed by atoms with Crippen molar-refractivity contribution in [2.24, 2.45) is 0 Å². The molecule has 0 aliphatic carbocycles. The summed E-state index contributed by atoms with van der Waals surface area (Å²) in [4.78, 5) is 14.1. The smallest absolute Gasteiger partial charge is 0.420 e. The molecule has 0 atom stereocenters. The van der Waals surface area contributed by atoms with Crippen molar-refractivity contribution in [3.05, 3.63) is 28.6 Å². The van der Waals surface area contributed by atoms with Crippen molar-refractivity contribution in [3.8, 4) is 6.07 Å². The molecule has 0 saturated carbocycles. The summed E-state index contributed by atoms with van der Waals surface area (Å²) in [7, 11) is 0.789. The first-order valence-electron chi connectivity index (χ1n) is 4.61. The highest BCUT2D eigenvalue weighted by molar-refractivity contribution is 5.92. The molecule has 0 amide bonds. The van der Waals surface area contributed by atoms with Crippen LogP contribution in [-0.4, -0.2) is 18.1 Å². The highest BCUT2D eigenvalue weighted by Gasteiger charge is 2.40. The van der Waals surface area contributed by atoms with Gasteiger partial charge in [-0.3, -0.25) is 0 Å². The third-order valence-corrected chi connectivity index (χ3v) is 2.06. The number of pyridine rings is 1. The van der Waals surface area contributed by atoms with E-state index in [1.54, 1.807) is 0 Å². The van der Waals surface area contributed by atoms with Crippen LogP contribution < -0.4 is 0 Å². The molecule has 9 heteroatoms. The van der Waals surface area contributed by atoms with E-state index in [0.29, 0.717) is 0 Å². The molecule has 0 radical (unpaired) electrons. The molecular formula is C10H5F5N2O2. The molecule has 0 spiro atoms. The number of methoxy groups -OCH3 is 1. The van der Waals surface area contributed by atoms with Gasteiger partial charge in [-0.1, -0.05) is 0 Å². The second-order valence-corrected chi connectivity index (χ2v) is 3.22. The van der Waals surface area contributed by atoms with Crippen LogP contribution in [0.25, 0.3) is 0 Å². The fraction of sp³-hybridized carbons (Fsp3) is 0.300. The maximum Gasteiger partial charge on any atom is 0.420 e. The fourth-order valence-electron chi connectivity index (χ4n) is 1.32. The fourth-order valence-corrected chi connectivity index (χ4v) is 1.32. The highest BCUT2D eigenvalue weighted by atomic mass is 19.4. The molecule has 0 bridgehead atoms. The molecule has 0 fully saturated rings. The molecule has 4 nitrogen and oxygen atoms in total. The van der Waals surface area contributed by atoms with E-state index in [0.717, 1.165) is 13.2 Å². The topological polar surface area (TPSA) is 63.0 Å². The van der Waals surface area contributed by atoms with Crippen molar-refractivity contribution < 1.29 is 31.5 Å². The number of rotatable bonds is 2. The molecule has 1 heterocycles. The van der Waals surface area contributed by atoms with Gasteiger partial charge in [0.05, 0.1) is 12.7 Å². The zero-order valence-corrected chi connectivity index (χ0v) is 9.26. The quantitative estimate of drug-likeness (QED) is 0.617. The van der Waals surface area contributed by atoms with Crippen molar-refractivity contribution in [2.45, 2.75) is 12.6 Å². The summed E-state index contributed by atoms with van der Waals surface area (Å²) in [5.41, 5.74) is -5.27. The van der Waals surface area contributed by atoms with E-state index in [2.05, 4.69) is 9.72 Å². The van der Waals surface area contributed by atoms with Gasteiger partial charge in [-0.25, -0.2) is 18.6 Å². The van der Waals surface area contributed by atoms with Gasteiger partial charge in [-0.15, -0.1) is 0 Å². The Balaban J connectivity index is 3.69. The molecule has 0 N–H and O–H groups in total. The van der Waals surface area contributed by atoms with Gasteiger partial charge in [0.1, 0.15) is 17.3 Å². The zero-order chi connectivity index (χ0) is 14.8. The molecule has 102 valence electrons. The first kappa shape index (κ1) is 14.8. The van der Waals surface area contributed by atoms with E-state index >= 15 is 0 Å². The molecule has 19 heavy (non-hydrogen) atoms. The third-order valence-electron chi connectivity index (χ3n) is 2.06. The Labute approximate surface area is 103 Å². The first-order chi connectivity index (χ1) is 8.72. The Kier molecular flexibility index (Phi) is 4.04. The molecule has 0 aliphatic heterocycles. The normalized spacial score (nSPS) is 11.3. The number of halogens is 5. The highest BCUT2D eigenvalue weighted by Crippen LogP contribution is 2.35.